The molecule has 0 saturated carbocycles. The molecule has 14 heteroatoms. The van der Waals surface area contributed by atoms with Crippen molar-refractivity contribution in [2.24, 2.45) is 0 Å². The van der Waals surface area contributed by atoms with Crippen molar-refractivity contribution >= 4 is 52.5 Å². The fraction of sp³-hybridized carbons (Fsp3) is 0.333. The number of hydrogen-bond acceptors (Lipinski definition) is 5. The minimum absolute atomic E-state index is 0.179. The molecule has 158 valence electrons. The molecule has 0 atom stereocenters. The van der Waals surface area contributed by atoms with Gasteiger partial charge in [0.1, 0.15) is 17.6 Å². The Balaban J connectivity index is 2.81. The molecular weight excluding hydrogens is 485 g/mol. The molecule has 29 heavy (non-hydrogen) atoms. The smallest absolute Gasteiger partial charge is 0.349 e. The SMILES string of the molecule is CSCN(C)c1c(SC(F)(F)F)c(C#N)nn1-c1c(Cl)cc(C(F)(F)F)cc1Cl. The van der Waals surface area contributed by atoms with Crippen LogP contribution in [0.4, 0.5) is 32.2 Å². The van der Waals surface area contributed by atoms with E-state index in [4.69, 9.17) is 23.2 Å². The Morgan fingerprint density at radius 2 is 1.72 bits per heavy atom. The fourth-order valence-corrected chi connectivity index (χ4v) is 4.26. The van der Waals surface area contributed by atoms with Gasteiger partial charge in [0.2, 0.25) is 0 Å². The Morgan fingerprint density at radius 3 is 2.14 bits per heavy atom. The molecule has 2 aromatic rings. The summed E-state index contributed by atoms with van der Waals surface area (Å²) in [4.78, 5) is 0.847. The lowest BCUT2D eigenvalue weighted by Gasteiger charge is -2.22. The average Bonchev–Trinajstić information content (AvgIpc) is 2.89. The summed E-state index contributed by atoms with van der Waals surface area (Å²) in [5, 5.41) is 12.1. The first-order valence-electron chi connectivity index (χ1n) is 7.35. The highest BCUT2D eigenvalue weighted by molar-refractivity contribution is 8.00. The molecule has 1 aromatic heterocycles. The van der Waals surface area contributed by atoms with Crippen molar-refractivity contribution in [1.29, 1.82) is 5.26 Å². The van der Waals surface area contributed by atoms with Crippen molar-refractivity contribution in [3.05, 3.63) is 33.4 Å². The third-order valence-corrected chi connectivity index (χ3v) is 5.42. The van der Waals surface area contributed by atoms with E-state index in [-0.39, 0.29) is 17.4 Å². The standard InChI is InChI=1S/C15H10Cl2F6N4S2/c1-26(6-28-2)13-12(29-15(21,22)23)10(5-24)25-27(13)11-8(16)3-7(4-9(11)17)14(18,19)20/h3-4H,6H2,1-2H3. The van der Waals surface area contributed by atoms with Gasteiger partial charge in [-0.15, -0.1) is 11.8 Å². The van der Waals surface area contributed by atoms with E-state index in [1.165, 1.54) is 23.7 Å². The van der Waals surface area contributed by atoms with Gasteiger partial charge in [0.25, 0.3) is 0 Å². The van der Waals surface area contributed by atoms with Crippen LogP contribution < -0.4 is 4.90 Å². The summed E-state index contributed by atoms with van der Waals surface area (Å²) in [6, 6.07) is 2.75. The van der Waals surface area contributed by atoms with Crippen LogP contribution in [0.5, 0.6) is 0 Å². The van der Waals surface area contributed by atoms with Crippen LogP contribution in [0.15, 0.2) is 17.0 Å². The summed E-state index contributed by atoms with van der Waals surface area (Å²) in [7, 11) is 1.44. The van der Waals surface area contributed by atoms with E-state index >= 15 is 0 Å². The quantitative estimate of drug-likeness (QED) is 0.272. The van der Waals surface area contributed by atoms with Gasteiger partial charge in [-0.1, -0.05) is 23.2 Å². The molecule has 2 rings (SSSR count). The van der Waals surface area contributed by atoms with Crippen LogP contribution in [-0.2, 0) is 6.18 Å². The van der Waals surface area contributed by atoms with Crippen molar-refractivity contribution in [2.75, 3.05) is 24.1 Å². The van der Waals surface area contributed by atoms with Crippen LogP contribution in [-0.4, -0.2) is 34.5 Å². The van der Waals surface area contributed by atoms with E-state index in [2.05, 4.69) is 5.10 Å². The Labute approximate surface area is 179 Å². The first-order valence-corrected chi connectivity index (χ1v) is 10.3. The molecule has 0 N–H and O–H groups in total. The highest BCUT2D eigenvalue weighted by atomic mass is 35.5. The molecule has 0 fully saturated rings. The summed E-state index contributed by atoms with van der Waals surface area (Å²) < 4.78 is 79.0. The highest BCUT2D eigenvalue weighted by Crippen LogP contribution is 2.46. The number of thioether (sulfide) groups is 2. The molecule has 0 radical (unpaired) electrons. The zero-order valence-corrected chi connectivity index (χ0v) is 17.6. The molecular formula is C15H10Cl2F6N4S2. The lowest BCUT2D eigenvalue weighted by molar-refractivity contribution is -0.137. The second-order valence-electron chi connectivity index (χ2n) is 5.47. The van der Waals surface area contributed by atoms with Gasteiger partial charge < -0.3 is 4.90 Å². The van der Waals surface area contributed by atoms with E-state index in [0.717, 1.165) is 4.68 Å². The lowest BCUT2D eigenvalue weighted by atomic mass is 10.2. The van der Waals surface area contributed by atoms with Crippen molar-refractivity contribution in [2.45, 2.75) is 16.6 Å². The van der Waals surface area contributed by atoms with Crippen LogP contribution in [0.1, 0.15) is 11.3 Å². The molecule has 0 aliphatic carbocycles. The number of benzene rings is 1. The molecule has 1 aromatic carbocycles. The molecule has 0 aliphatic rings. The fourth-order valence-electron chi connectivity index (χ4n) is 2.35. The summed E-state index contributed by atoms with van der Waals surface area (Å²) in [5.41, 5.74) is -6.70. The molecule has 0 saturated heterocycles. The summed E-state index contributed by atoms with van der Waals surface area (Å²) in [6.45, 7) is 0. The number of aromatic nitrogens is 2. The van der Waals surface area contributed by atoms with Gasteiger partial charge >= 0.3 is 11.7 Å². The van der Waals surface area contributed by atoms with E-state index in [0.29, 0.717) is 12.1 Å². The van der Waals surface area contributed by atoms with Crippen LogP contribution >= 0.6 is 46.7 Å². The molecule has 0 bridgehead atoms. The monoisotopic (exact) mass is 494 g/mol. The Kier molecular flexibility index (Phi) is 7.20. The molecule has 0 aliphatic heterocycles. The number of anilines is 1. The minimum atomic E-state index is -4.73. The maximum absolute atomic E-state index is 13.1. The number of alkyl halides is 6. The van der Waals surface area contributed by atoms with E-state index in [1.54, 1.807) is 12.3 Å². The average molecular weight is 495 g/mol. The second-order valence-corrected chi connectivity index (χ2v) is 8.20. The molecule has 1 heterocycles. The third kappa shape index (κ3) is 5.39. The van der Waals surface area contributed by atoms with Crippen molar-refractivity contribution < 1.29 is 26.3 Å². The zero-order chi connectivity index (χ0) is 22.1. The minimum Gasteiger partial charge on any atom is -0.349 e. The molecule has 0 unspecified atom stereocenters. The van der Waals surface area contributed by atoms with Crippen LogP contribution in [0.3, 0.4) is 0 Å². The number of hydrogen-bond donors (Lipinski definition) is 0. The van der Waals surface area contributed by atoms with Gasteiger partial charge in [0.15, 0.2) is 5.69 Å². The number of halogens is 8. The van der Waals surface area contributed by atoms with Gasteiger partial charge in [-0.25, -0.2) is 4.68 Å². The van der Waals surface area contributed by atoms with Crippen molar-refractivity contribution in [3.63, 3.8) is 0 Å². The summed E-state index contributed by atoms with van der Waals surface area (Å²) >= 11 is 12.7. The largest absolute Gasteiger partial charge is 0.446 e. The molecule has 4 nitrogen and oxygen atoms in total. The maximum atomic E-state index is 13.1. The predicted molar refractivity (Wildman–Crippen MR) is 102 cm³/mol. The second kappa shape index (κ2) is 8.75. The van der Waals surface area contributed by atoms with Gasteiger partial charge in [-0.05, 0) is 30.2 Å². The zero-order valence-electron chi connectivity index (χ0n) is 14.5. The molecule has 0 spiro atoms. The first-order chi connectivity index (χ1) is 13.3. The summed E-state index contributed by atoms with van der Waals surface area (Å²) in [5.74, 6) is 0.0134. The normalized spacial score (nSPS) is 12.2. The van der Waals surface area contributed by atoms with Crippen LogP contribution in [0, 0.1) is 11.3 Å². The maximum Gasteiger partial charge on any atom is 0.446 e. The number of nitriles is 1. The molecule has 0 amide bonds. The van der Waals surface area contributed by atoms with Crippen molar-refractivity contribution in [3.8, 4) is 11.8 Å². The highest BCUT2D eigenvalue weighted by Gasteiger charge is 2.37. The van der Waals surface area contributed by atoms with Gasteiger partial charge in [0.05, 0.1) is 26.4 Å². The summed E-state index contributed by atoms with van der Waals surface area (Å²) in [6.07, 6.45) is -3.04. The number of rotatable bonds is 5. The van der Waals surface area contributed by atoms with E-state index in [9.17, 15) is 31.6 Å². The van der Waals surface area contributed by atoms with Crippen LogP contribution in [0.2, 0.25) is 10.0 Å². The lowest BCUT2D eigenvalue weighted by Crippen LogP contribution is -2.21. The predicted octanol–water partition coefficient (Wildman–Crippen LogP) is 6.44. The van der Waals surface area contributed by atoms with Gasteiger partial charge in [-0.2, -0.15) is 36.7 Å². The van der Waals surface area contributed by atoms with Gasteiger partial charge in [-0.3, -0.25) is 0 Å². The van der Waals surface area contributed by atoms with E-state index < -0.39 is 49.6 Å². The number of nitrogens with zero attached hydrogens (tertiary/aromatic N) is 4. The van der Waals surface area contributed by atoms with Gasteiger partial charge in [0, 0.05) is 7.05 Å². The third-order valence-electron chi connectivity index (χ3n) is 3.38. The van der Waals surface area contributed by atoms with E-state index in [1.807, 2.05) is 0 Å². The Morgan fingerprint density at radius 1 is 1.17 bits per heavy atom. The van der Waals surface area contributed by atoms with Crippen molar-refractivity contribution in [1.82, 2.24) is 9.78 Å². The van der Waals surface area contributed by atoms with Crippen LogP contribution in [0.25, 0.3) is 5.69 Å². The Bertz CT molecular complexity index is 929. The Hall–Kier alpha value is -1.42. The topological polar surface area (TPSA) is 44.9 Å². The first kappa shape index (κ1) is 23.9.